The van der Waals surface area contributed by atoms with E-state index in [2.05, 4.69) is 19.9 Å². The van der Waals surface area contributed by atoms with Gasteiger partial charge in [-0.05, 0) is 25.7 Å². The molecule has 0 aliphatic carbocycles. The Bertz CT molecular complexity index is 365. The highest BCUT2D eigenvalue weighted by molar-refractivity contribution is 5.36. The maximum atomic E-state index is 5.67. The van der Waals surface area contributed by atoms with Crippen LogP contribution in [0.4, 0.5) is 11.9 Å². The van der Waals surface area contributed by atoms with Gasteiger partial charge in [-0.1, -0.05) is 6.92 Å². The number of hydrogen-bond donors (Lipinski definition) is 1. The average molecular weight is 237 g/mol. The minimum atomic E-state index is 0.228. The summed E-state index contributed by atoms with van der Waals surface area (Å²) in [6, 6.07) is 0.333. The fourth-order valence-corrected chi connectivity index (χ4v) is 1.85. The van der Waals surface area contributed by atoms with Gasteiger partial charge in [0.1, 0.15) is 0 Å². The zero-order chi connectivity index (χ0) is 12.1. The van der Waals surface area contributed by atoms with Crippen LogP contribution in [0.2, 0.25) is 0 Å². The van der Waals surface area contributed by atoms with E-state index in [-0.39, 0.29) is 5.95 Å². The Labute approximate surface area is 101 Å². The first kappa shape index (κ1) is 11.9. The van der Waals surface area contributed by atoms with Crippen molar-refractivity contribution in [2.24, 2.45) is 0 Å². The highest BCUT2D eigenvalue weighted by Gasteiger charge is 2.15. The Morgan fingerprint density at radius 1 is 1.18 bits per heavy atom. The molecule has 0 bridgehead atoms. The molecule has 0 atom stereocenters. The molecule has 1 aromatic heterocycles. The van der Waals surface area contributed by atoms with Crippen LogP contribution in [-0.4, -0.2) is 34.6 Å². The van der Waals surface area contributed by atoms with Crippen LogP contribution in [-0.2, 0) is 0 Å². The van der Waals surface area contributed by atoms with Crippen LogP contribution in [0.5, 0.6) is 6.01 Å². The minimum absolute atomic E-state index is 0.228. The lowest BCUT2D eigenvalue weighted by molar-refractivity contribution is 0.291. The molecule has 1 fully saturated rings. The van der Waals surface area contributed by atoms with Crippen molar-refractivity contribution in [1.82, 2.24) is 15.0 Å². The molecule has 0 radical (unpaired) electrons. The third-order valence-electron chi connectivity index (χ3n) is 2.69. The molecule has 17 heavy (non-hydrogen) atoms. The maximum Gasteiger partial charge on any atom is 0.323 e. The van der Waals surface area contributed by atoms with Crippen molar-refractivity contribution in [3.8, 4) is 6.01 Å². The standard InChI is InChI=1S/C11H19N5O/c1-2-8-17-11-14-9(12)13-10(15-11)16-6-4-3-5-7-16/h2-8H2,1H3,(H2,12,13,14,15). The molecule has 1 aliphatic heterocycles. The average Bonchev–Trinajstić information content (AvgIpc) is 2.37. The Morgan fingerprint density at radius 3 is 2.65 bits per heavy atom. The summed E-state index contributed by atoms with van der Waals surface area (Å²) >= 11 is 0. The van der Waals surface area contributed by atoms with E-state index in [4.69, 9.17) is 10.5 Å². The summed E-state index contributed by atoms with van der Waals surface area (Å²) in [5, 5.41) is 0. The molecule has 6 heteroatoms. The zero-order valence-corrected chi connectivity index (χ0v) is 10.2. The van der Waals surface area contributed by atoms with Crippen LogP contribution in [0.15, 0.2) is 0 Å². The van der Waals surface area contributed by atoms with Crippen molar-refractivity contribution in [1.29, 1.82) is 0 Å². The van der Waals surface area contributed by atoms with Gasteiger partial charge in [-0.3, -0.25) is 0 Å². The van der Waals surface area contributed by atoms with Gasteiger partial charge in [0.05, 0.1) is 6.61 Å². The van der Waals surface area contributed by atoms with Crippen LogP contribution in [0.3, 0.4) is 0 Å². The van der Waals surface area contributed by atoms with E-state index in [9.17, 15) is 0 Å². The topological polar surface area (TPSA) is 77.2 Å². The molecular weight excluding hydrogens is 218 g/mol. The van der Waals surface area contributed by atoms with Crippen molar-refractivity contribution < 1.29 is 4.74 Å². The van der Waals surface area contributed by atoms with Crippen molar-refractivity contribution in [3.63, 3.8) is 0 Å². The zero-order valence-electron chi connectivity index (χ0n) is 10.2. The van der Waals surface area contributed by atoms with E-state index in [1.54, 1.807) is 0 Å². The number of nitrogen functional groups attached to an aromatic ring is 1. The second-order valence-corrected chi connectivity index (χ2v) is 4.17. The lowest BCUT2D eigenvalue weighted by Gasteiger charge is -2.26. The number of nitrogens with zero attached hydrogens (tertiary/aromatic N) is 4. The van der Waals surface area contributed by atoms with E-state index in [0.717, 1.165) is 19.5 Å². The number of nitrogens with two attached hydrogens (primary N) is 1. The molecule has 94 valence electrons. The summed E-state index contributed by atoms with van der Waals surface area (Å²) in [7, 11) is 0. The molecule has 2 rings (SSSR count). The predicted octanol–water partition coefficient (Wildman–Crippen LogP) is 1.23. The second kappa shape index (κ2) is 5.65. The summed E-state index contributed by atoms with van der Waals surface area (Å²) in [4.78, 5) is 14.6. The lowest BCUT2D eigenvalue weighted by atomic mass is 10.1. The van der Waals surface area contributed by atoms with E-state index in [1.807, 2.05) is 6.92 Å². The van der Waals surface area contributed by atoms with Gasteiger partial charge in [0.15, 0.2) is 0 Å². The van der Waals surface area contributed by atoms with E-state index in [1.165, 1.54) is 19.3 Å². The van der Waals surface area contributed by atoms with Gasteiger partial charge in [0, 0.05) is 13.1 Å². The maximum absolute atomic E-state index is 5.67. The van der Waals surface area contributed by atoms with Crippen LogP contribution < -0.4 is 15.4 Å². The number of piperidine rings is 1. The number of anilines is 2. The minimum Gasteiger partial charge on any atom is -0.463 e. The highest BCUT2D eigenvalue weighted by Crippen LogP contribution is 2.18. The quantitative estimate of drug-likeness (QED) is 0.848. The number of hydrogen-bond acceptors (Lipinski definition) is 6. The number of rotatable bonds is 4. The Morgan fingerprint density at radius 2 is 1.94 bits per heavy atom. The van der Waals surface area contributed by atoms with Crippen LogP contribution >= 0.6 is 0 Å². The van der Waals surface area contributed by atoms with Gasteiger partial charge >= 0.3 is 6.01 Å². The van der Waals surface area contributed by atoms with Crippen molar-refractivity contribution in [3.05, 3.63) is 0 Å². The fraction of sp³-hybridized carbons (Fsp3) is 0.727. The molecule has 1 aliphatic rings. The summed E-state index contributed by atoms with van der Waals surface area (Å²) in [6.07, 6.45) is 4.55. The molecule has 1 aromatic rings. The largest absolute Gasteiger partial charge is 0.463 e. The summed E-state index contributed by atoms with van der Waals surface area (Å²) in [5.41, 5.74) is 5.67. The fourth-order valence-electron chi connectivity index (χ4n) is 1.85. The van der Waals surface area contributed by atoms with Gasteiger partial charge < -0.3 is 15.4 Å². The van der Waals surface area contributed by atoms with Gasteiger partial charge in [0.2, 0.25) is 11.9 Å². The molecule has 0 amide bonds. The van der Waals surface area contributed by atoms with Crippen molar-refractivity contribution >= 4 is 11.9 Å². The Kier molecular flexibility index (Phi) is 3.95. The van der Waals surface area contributed by atoms with Gasteiger partial charge in [0.25, 0.3) is 0 Å². The number of ether oxygens (including phenoxy) is 1. The SMILES string of the molecule is CCCOc1nc(N)nc(N2CCCCC2)n1. The highest BCUT2D eigenvalue weighted by atomic mass is 16.5. The van der Waals surface area contributed by atoms with Crippen LogP contribution in [0.1, 0.15) is 32.6 Å². The summed E-state index contributed by atoms with van der Waals surface area (Å²) < 4.78 is 5.40. The first-order valence-corrected chi connectivity index (χ1v) is 6.19. The Balaban J connectivity index is 2.12. The van der Waals surface area contributed by atoms with Gasteiger partial charge in [-0.25, -0.2) is 0 Å². The third kappa shape index (κ3) is 3.18. The molecule has 0 spiro atoms. The Hall–Kier alpha value is -1.59. The smallest absolute Gasteiger partial charge is 0.323 e. The van der Waals surface area contributed by atoms with Crippen LogP contribution in [0.25, 0.3) is 0 Å². The molecule has 2 N–H and O–H groups in total. The molecule has 0 aromatic carbocycles. The first-order valence-electron chi connectivity index (χ1n) is 6.19. The van der Waals surface area contributed by atoms with Crippen LogP contribution in [0, 0.1) is 0 Å². The van der Waals surface area contributed by atoms with Gasteiger partial charge in [-0.2, -0.15) is 15.0 Å². The molecule has 2 heterocycles. The molecular formula is C11H19N5O. The van der Waals surface area contributed by atoms with Crippen molar-refractivity contribution in [2.45, 2.75) is 32.6 Å². The van der Waals surface area contributed by atoms with Crippen molar-refractivity contribution in [2.75, 3.05) is 30.3 Å². The first-order chi connectivity index (χ1) is 8.29. The molecule has 0 saturated carbocycles. The molecule has 0 unspecified atom stereocenters. The molecule has 1 saturated heterocycles. The third-order valence-corrected chi connectivity index (χ3v) is 2.69. The lowest BCUT2D eigenvalue weighted by Crippen LogP contribution is -2.31. The van der Waals surface area contributed by atoms with E-state index >= 15 is 0 Å². The monoisotopic (exact) mass is 237 g/mol. The summed E-state index contributed by atoms with van der Waals surface area (Å²) in [6.45, 7) is 4.60. The predicted molar refractivity (Wildman–Crippen MR) is 66.1 cm³/mol. The summed E-state index contributed by atoms with van der Waals surface area (Å²) in [5.74, 6) is 0.870. The van der Waals surface area contributed by atoms with E-state index in [0.29, 0.717) is 18.6 Å². The van der Waals surface area contributed by atoms with E-state index < -0.39 is 0 Å². The second-order valence-electron chi connectivity index (χ2n) is 4.17. The molecule has 6 nitrogen and oxygen atoms in total. The van der Waals surface area contributed by atoms with Gasteiger partial charge in [-0.15, -0.1) is 0 Å². The normalized spacial score (nSPS) is 15.9. The number of aromatic nitrogens is 3.